The van der Waals surface area contributed by atoms with Crippen LogP contribution < -0.4 is 0 Å². The van der Waals surface area contributed by atoms with Crippen LogP contribution in [0.1, 0.15) is 64.4 Å². The molecule has 32 unspecified atom stereocenters. The number of rotatable bonds is 6. The maximum absolute atomic E-state index is 13.3. The lowest BCUT2D eigenvalue weighted by Gasteiger charge is -2.77. The van der Waals surface area contributed by atoms with Gasteiger partial charge in [0.2, 0.25) is 0 Å². The highest BCUT2D eigenvalue weighted by atomic mass is 16.5. The van der Waals surface area contributed by atoms with E-state index in [4.69, 9.17) is 4.74 Å². The number of methoxy groups -OCH3 is 1. The maximum atomic E-state index is 13.3. The van der Waals surface area contributed by atoms with Crippen LogP contribution in [0.25, 0.3) is 0 Å². The van der Waals surface area contributed by atoms with Crippen molar-refractivity contribution in [3.63, 3.8) is 0 Å². The highest BCUT2D eigenvalue weighted by Crippen LogP contribution is 3.06. The quantitative estimate of drug-likeness (QED) is 0.268. The van der Waals surface area contributed by atoms with Crippen molar-refractivity contribution in [2.24, 2.45) is 182 Å². The van der Waals surface area contributed by atoms with Gasteiger partial charge in [-0.1, -0.05) is 67.6 Å². The van der Waals surface area contributed by atoms with Crippen molar-refractivity contribution >= 4 is 5.97 Å². The summed E-state index contributed by atoms with van der Waals surface area (Å²) in [5.74, 6) is 28.3. The van der Waals surface area contributed by atoms with Gasteiger partial charge in [0.1, 0.15) is 0 Å². The SMILES string of the molecule is C=C/C=C1\C2=C(C)C34C5=C6C(=CC5C)C5CC7C8CC9CC%10C%11CC1C1C2C2C%12C%13C1C%11C%10C1C9C9C8C7C7C5C6C(C%12C7C9C1%13)C23C4(CCCC(=O)OC)c1ccccc1. The van der Waals surface area contributed by atoms with Gasteiger partial charge < -0.3 is 4.74 Å². The van der Waals surface area contributed by atoms with Crippen molar-refractivity contribution in [1.29, 1.82) is 0 Å². The molecule has 19 aliphatic carbocycles. The molecule has 0 radical (unpaired) electrons. The summed E-state index contributed by atoms with van der Waals surface area (Å²) in [7, 11) is 1.63. The Balaban J connectivity index is 0.975. The number of hydrogen-bond donors (Lipinski definition) is 0. The van der Waals surface area contributed by atoms with Crippen molar-refractivity contribution in [3.05, 3.63) is 94.1 Å². The molecule has 16 saturated carbocycles. The lowest BCUT2D eigenvalue weighted by atomic mass is 9.28. The zero-order valence-corrected chi connectivity index (χ0v) is 36.3. The summed E-state index contributed by atoms with van der Waals surface area (Å²) in [6.45, 7) is 10.1. The summed E-state index contributed by atoms with van der Waals surface area (Å²) in [4.78, 5) is 13.3. The summed E-state index contributed by atoms with van der Waals surface area (Å²) in [5, 5.41) is 0. The van der Waals surface area contributed by atoms with Crippen molar-refractivity contribution in [2.75, 3.05) is 7.11 Å². The fourth-order valence-electron chi connectivity index (χ4n) is 30.1. The third-order valence-corrected chi connectivity index (χ3v) is 28.4. The molecule has 2 nitrogen and oxygen atoms in total. The molecule has 0 bridgehead atoms. The average Bonchev–Trinajstić information content (AvgIpc) is 3.83. The van der Waals surface area contributed by atoms with Crippen LogP contribution >= 0.6 is 0 Å². The topological polar surface area (TPSA) is 26.3 Å². The molecule has 1 aromatic rings. The van der Waals surface area contributed by atoms with Crippen LogP contribution in [0.4, 0.5) is 0 Å². The molecule has 61 heavy (non-hydrogen) atoms. The fraction of sp³-hybridized carbons (Fsp3) is 0.712. The van der Waals surface area contributed by atoms with Gasteiger partial charge in [-0.25, -0.2) is 0 Å². The molecule has 32 atom stereocenters. The van der Waals surface area contributed by atoms with Gasteiger partial charge >= 0.3 is 5.97 Å². The van der Waals surface area contributed by atoms with Crippen LogP contribution in [0.5, 0.6) is 0 Å². The van der Waals surface area contributed by atoms with Crippen LogP contribution in [0.15, 0.2) is 88.6 Å². The van der Waals surface area contributed by atoms with E-state index in [9.17, 15) is 4.79 Å². The molecule has 0 amide bonds. The molecule has 19 aliphatic rings. The van der Waals surface area contributed by atoms with Crippen LogP contribution in [-0.2, 0) is 14.9 Å². The number of hydrogen-bond acceptors (Lipinski definition) is 2. The van der Waals surface area contributed by atoms with E-state index < -0.39 is 0 Å². The van der Waals surface area contributed by atoms with Gasteiger partial charge in [0.05, 0.1) is 7.11 Å². The Morgan fingerprint density at radius 1 is 0.721 bits per heavy atom. The van der Waals surface area contributed by atoms with E-state index in [1.165, 1.54) is 6.42 Å². The van der Waals surface area contributed by atoms with Crippen LogP contribution in [-0.4, -0.2) is 13.1 Å². The van der Waals surface area contributed by atoms with Gasteiger partial charge in [-0.3, -0.25) is 4.79 Å². The van der Waals surface area contributed by atoms with Crippen molar-refractivity contribution < 1.29 is 9.53 Å². The van der Waals surface area contributed by atoms with Crippen molar-refractivity contribution in [2.45, 2.75) is 64.2 Å². The van der Waals surface area contributed by atoms with E-state index in [-0.39, 0.29) is 22.2 Å². The molecule has 16 fully saturated rings. The Hall–Kier alpha value is -2.61. The normalized spacial score (nSPS) is 69.3. The van der Waals surface area contributed by atoms with E-state index in [1.807, 2.05) is 33.4 Å². The molecule has 20 rings (SSSR count). The van der Waals surface area contributed by atoms with Crippen LogP contribution in [0, 0.1) is 182 Å². The summed E-state index contributed by atoms with van der Waals surface area (Å²) in [5.41, 5.74) is 13.6. The number of carbonyl (C=O) groups excluding carboxylic acids is 1. The predicted octanol–water partition coefficient (Wildman–Crippen LogP) is 10.6. The number of allylic oxidation sites excluding steroid dienone is 9. The molecule has 1 spiro atoms. The molecular formula is C59H62O2. The largest absolute Gasteiger partial charge is 0.469 e. The first-order chi connectivity index (χ1) is 30.0. The Morgan fingerprint density at radius 2 is 1.30 bits per heavy atom. The fourth-order valence-corrected chi connectivity index (χ4v) is 30.1. The summed E-state index contributed by atoms with van der Waals surface area (Å²) in [6.07, 6.45) is 17.0. The molecular weight excluding hydrogens is 741 g/mol. The van der Waals surface area contributed by atoms with E-state index in [0.29, 0.717) is 12.3 Å². The van der Waals surface area contributed by atoms with Crippen LogP contribution in [0.3, 0.4) is 0 Å². The van der Waals surface area contributed by atoms with Gasteiger partial charge in [-0.15, -0.1) is 0 Å². The van der Waals surface area contributed by atoms with Gasteiger partial charge in [0.15, 0.2) is 0 Å². The second-order valence-corrected chi connectivity index (χ2v) is 26.9. The van der Waals surface area contributed by atoms with Crippen molar-refractivity contribution in [3.8, 4) is 0 Å². The third kappa shape index (κ3) is 2.44. The first kappa shape index (κ1) is 32.1. The van der Waals surface area contributed by atoms with Crippen molar-refractivity contribution in [1.82, 2.24) is 0 Å². The first-order valence-electron chi connectivity index (χ1n) is 26.6. The molecule has 0 N–H and O–H groups in total. The predicted molar refractivity (Wildman–Crippen MR) is 230 cm³/mol. The monoisotopic (exact) mass is 802 g/mol. The highest BCUT2D eigenvalue weighted by Gasteiger charge is 3.03. The minimum atomic E-state index is 0.000530. The van der Waals surface area contributed by atoms with E-state index >= 15 is 0 Å². The summed E-state index contributed by atoms with van der Waals surface area (Å²) in [6, 6.07) is 12.5. The number of benzene rings is 1. The Labute approximate surface area is 361 Å². The Kier molecular flexibility index (Phi) is 4.74. The number of carbonyl (C=O) groups is 1. The van der Waals surface area contributed by atoms with Crippen LogP contribution in [0.2, 0.25) is 0 Å². The standard InChI is InChI=1S/C59H62O2/c1-5-10-24-28-18-30-26-16-22-17-27-31-19-29-25-15-20(2)54-41(25)51-40(29)45-38(31)36(27)43-34(22)42-35(26)37(30)44-39(28)50-33(24)21(3)58(54)57(14-9-13-32(60)61-4,23-11-7-6-8-12-23)59(58)55(50)52-48(44)46(42)47(43)49(45)53(52)56(51)59/h5-8,10-12,15,20,22,26-31,34-40,42-53,55-56H,1,9,13-14,16-19H2,2-4H3/b24-10-. The van der Waals surface area contributed by atoms with E-state index in [2.05, 4.69) is 69.0 Å². The maximum Gasteiger partial charge on any atom is 0.305 e. The van der Waals surface area contributed by atoms with Gasteiger partial charge in [-0.05, 0) is 250 Å². The molecule has 1 aromatic carbocycles. The second-order valence-electron chi connectivity index (χ2n) is 26.9. The molecule has 0 aliphatic heterocycles. The Bertz CT molecular complexity index is 2620. The molecule has 0 saturated heterocycles. The Morgan fingerprint density at radius 3 is 1.95 bits per heavy atom. The highest BCUT2D eigenvalue weighted by molar-refractivity contribution is 5.77. The molecule has 0 heterocycles. The average molecular weight is 803 g/mol. The smallest absolute Gasteiger partial charge is 0.305 e. The summed E-state index contributed by atoms with van der Waals surface area (Å²) < 4.78 is 5.47. The van der Waals surface area contributed by atoms with Gasteiger partial charge in [0.25, 0.3) is 0 Å². The third-order valence-electron chi connectivity index (χ3n) is 28.4. The summed E-state index contributed by atoms with van der Waals surface area (Å²) >= 11 is 0. The van der Waals surface area contributed by atoms with E-state index in [1.54, 1.807) is 31.9 Å². The molecule has 2 heteroatoms. The number of esters is 1. The lowest BCUT2D eigenvalue weighted by molar-refractivity contribution is -0.296. The molecule has 310 valence electrons. The minimum absolute atomic E-state index is 0.000530. The van der Waals surface area contributed by atoms with E-state index in [0.717, 1.165) is 179 Å². The zero-order valence-electron chi connectivity index (χ0n) is 36.3. The molecule has 0 aromatic heterocycles. The zero-order chi connectivity index (χ0) is 39.2. The second kappa shape index (κ2) is 9.00. The first-order valence-corrected chi connectivity index (χ1v) is 26.6. The lowest BCUT2D eigenvalue weighted by Crippen LogP contribution is -2.73. The number of ether oxygens (including phenoxy) is 1. The van der Waals surface area contributed by atoms with Gasteiger partial charge in [0, 0.05) is 22.7 Å². The minimum Gasteiger partial charge on any atom is -0.469 e. The number of fused-ring (bicyclic) bond motifs is 3. The van der Waals surface area contributed by atoms with Gasteiger partial charge in [-0.2, -0.15) is 0 Å².